The lowest BCUT2D eigenvalue weighted by Crippen LogP contribution is -2.17. The van der Waals surface area contributed by atoms with Gasteiger partial charge in [0.05, 0.1) is 11.8 Å². The molecule has 1 amide bonds. The number of amides is 1. The standard InChI is InChI=1S/C25H19FN2O3/c26-23-11-4-3-9-20(23)16-31-21-10-5-6-17(12-21)15-27-28-25(30)22-13-18-7-1-2-8-19(18)14-24(22)29/h1-15,29H,16H2,(H,28,30). The summed E-state index contributed by atoms with van der Waals surface area (Å²) in [5.41, 5.74) is 3.71. The number of hydrogen-bond donors (Lipinski definition) is 2. The molecule has 154 valence electrons. The molecule has 0 unspecified atom stereocenters. The third-order valence-electron chi connectivity index (χ3n) is 4.70. The van der Waals surface area contributed by atoms with E-state index >= 15 is 0 Å². The van der Waals surface area contributed by atoms with Gasteiger partial charge in [0.2, 0.25) is 0 Å². The average Bonchev–Trinajstić information content (AvgIpc) is 2.78. The first-order chi connectivity index (χ1) is 15.1. The fraction of sp³-hybridized carbons (Fsp3) is 0.0400. The predicted molar refractivity (Wildman–Crippen MR) is 118 cm³/mol. The molecule has 0 saturated carbocycles. The highest BCUT2D eigenvalue weighted by Crippen LogP contribution is 2.24. The lowest BCUT2D eigenvalue weighted by molar-refractivity contribution is 0.0952. The van der Waals surface area contributed by atoms with Crippen molar-refractivity contribution in [2.75, 3.05) is 0 Å². The Morgan fingerprint density at radius 1 is 0.968 bits per heavy atom. The van der Waals surface area contributed by atoms with Gasteiger partial charge in [-0.15, -0.1) is 0 Å². The summed E-state index contributed by atoms with van der Waals surface area (Å²) in [4.78, 5) is 12.4. The number of phenols is 1. The predicted octanol–water partition coefficient (Wildman–Crippen LogP) is 5.03. The van der Waals surface area contributed by atoms with Gasteiger partial charge in [-0.3, -0.25) is 4.79 Å². The first-order valence-electron chi connectivity index (χ1n) is 9.61. The molecule has 0 atom stereocenters. The number of carbonyl (C=O) groups is 1. The van der Waals surface area contributed by atoms with Crippen molar-refractivity contribution in [1.82, 2.24) is 5.43 Å². The smallest absolute Gasteiger partial charge is 0.275 e. The van der Waals surface area contributed by atoms with Crippen molar-refractivity contribution < 1.29 is 19.0 Å². The summed E-state index contributed by atoms with van der Waals surface area (Å²) in [6.45, 7) is 0.102. The van der Waals surface area contributed by atoms with Crippen LogP contribution in [0.3, 0.4) is 0 Å². The fourth-order valence-corrected chi connectivity index (χ4v) is 3.10. The van der Waals surface area contributed by atoms with Gasteiger partial charge in [-0.1, -0.05) is 54.6 Å². The molecule has 6 heteroatoms. The molecule has 0 aliphatic rings. The summed E-state index contributed by atoms with van der Waals surface area (Å²) in [6, 6.07) is 24.1. The van der Waals surface area contributed by atoms with Crippen LogP contribution in [0.2, 0.25) is 0 Å². The Labute approximate surface area is 178 Å². The number of benzene rings is 4. The highest BCUT2D eigenvalue weighted by atomic mass is 19.1. The Morgan fingerprint density at radius 3 is 2.52 bits per heavy atom. The summed E-state index contributed by atoms with van der Waals surface area (Å²) in [5, 5.41) is 15.8. The molecule has 0 aliphatic heterocycles. The van der Waals surface area contributed by atoms with Crippen LogP contribution in [0.4, 0.5) is 4.39 Å². The van der Waals surface area contributed by atoms with Gasteiger partial charge in [-0.05, 0) is 46.7 Å². The second-order valence-electron chi connectivity index (χ2n) is 6.87. The second-order valence-corrected chi connectivity index (χ2v) is 6.87. The lowest BCUT2D eigenvalue weighted by atomic mass is 10.1. The monoisotopic (exact) mass is 414 g/mol. The Kier molecular flexibility index (Phi) is 5.89. The van der Waals surface area contributed by atoms with E-state index in [2.05, 4.69) is 10.5 Å². The lowest BCUT2D eigenvalue weighted by Gasteiger charge is -2.08. The van der Waals surface area contributed by atoms with E-state index in [1.807, 2.05) is 24.3 Å². The second kappa shape index (κ2) is 9.09. The Morgan fingerprint density at radius 2 is 1.71 bits per heavy atom. The van der Waals surface area contributed by atoms with Crippen molar-refractivity contribution in [1.29, 1.82) is 0 Å². The van der Waals surface area contributed by atoms with Gasteiger partial charge in [0.15, 0.2) is 0 Å². The number of halogens is 1. The average molecular weight is 414 g/mol. The number of ether oxygens (including phenoxy) is 1. The van der Waals surface area contributed by atoms with Gasteiger partial charge in [-0.25, -0.2) is 9.82 Å². The van der Waals surface area contributed by atoms with E-state index in [1.54, 1.807) is 54.6 Å². The minimum absolute atomic E-state index is 0.102. The van der Waals surface area contributed by atoms with E-state index in [-0.39, 0.29) is 23.7 Å². The SMILES string of the molecule is O=C(NN=Cc1cccc(OCc2ccccc2F)c1)c1cc2ccccc2cc1O. The molecule has 0 bridgehead atoms. The van der Waals surface area contributed by atoms with Gasteiger partial charge in [0, 0.05) is 5.56 Å². The Hall–Kier alpha value is -4.19. The molecule has 4 aromatic rings. The number of aromatic hydroxyl groups is 1. The zero-order valence-electron chi connectivity index (χ0n) is 16.5. The number of hydrogen-bond acceptors (Lipinski definition) is 4. The van der Waals surface area contributed by atoms with Crippen molar-refractivity contribution in [3.8, 4) is 11.5 Å². The summed E-state index contributed by atoms with van der Waals surface area (Å²) in [7, 11) is 0. The number of phenolic OH excluding ortho intramolecular Hbond substituents is 1. The van der Waals surface area contributed by atoms with Crippen LogP contribution in [-0.2, 0) is 6.61 Å². The molecule has 0 spiro atoms. The number of fused-ring (bicyclic) bond motifs is 1. The molecule has 2 N–H and O–H groups in total. The van der Waals surface area contributed by atoms with Crippen molar-refractivity contribution in [3.05, 3.63) is 107 Å². The van der Waals surface area contributed by atoms with Crippen molar-refractivity contribution in [3.63, 3.8) is 0 Å². The maximum absolute atomic E-state index is 13.7. The first-order valence-corrected chi connectivity index (χ1v) is 9.61. The molecule has 4 rings (SSSR count). The van der Waals surface area contributed by atoms with Crippen LogP contribution in [0.5, 0.6) is 11.5 Å². The molecule has 0 radical (unpaired) electrons. The van der Waals surface area contributed by atoms with E-state index in [4.69, 9.17) is 4.74 Å². The van der Waals surface area contributed by atoms with Crippen LogP contribution < -0.4 is 10.2 Å². The van der Waals surface area contributed by atoms with Crippen LogP contribution in [0.1, 0.15) is 21.5 Å². The Balaban J connectivity index is 1.41. The summed E-state index contributed by atoms with van der Waals surface area (Å²) >= 11 is 0. The van der Waals surface area contributed by atoms with Gasteiger partial charge in [0.1, 0.15) is 23.9 Å². The van der Waals surface area contributed by atoms with Crippen molar-refractivity contribution in [2.45, 2.75) is 6.61 Å². The quantitative estimate of drug-likeness (QED) is 0.343. The molecule has 0 aliphatic carbocycles. The molecule has 4 aromatic carbocycles. The van der Waals surface area contributed by atoms with Crippen LogP contribution in [0.15, 0.2) is 90.0 Å². The van der Waals surface area contributed by atoms with Gasteiger partial charge >= 0.3 is 0 Å². The van der Waals surface area contributed by atoms with Crippen LogP contribution in [-0.4, -0.2) is 17.2 Å². The third-order valence-corrected chi connectivity index (χ3v) is 4.70. The molecule has 5 nitrogen and oxygen atoms in total. The van der Waals surface area contributed by atoms with Gasteiger partial charge < -0.3 is 9.84 Å². The Bertz CT molecular complexity index is 1270. The van der Waals surface area contributed by atoms with E-state index in [9.17, 15) is 14.3 Å². The number of rotatable bonds is 6. The molecule has 31 heavy (non-hydrogen) atoms. The number of carbonyl (C=O) groups excluding carboxylic acids is 1. The van der Waals surface area contributed by atoms with Crippen LogP contribution >= 0.6 is 0 Å². The molecular weight excluding hydrogens is 395 g/mol. The minimum Gasteiger partial charge on any atom is -0.507 e. The third kappa shape index (κ3) is 4.87. The topological polar surface area (TPSA) is 70.9 Å². The zero-order valence-corrected chi connectivity index (χ0v) is 16.5. The van der Waals surface area contributed by atoms with E-state index in [0.29, 0.717) is 16.9 Å². The normalized spacial score (nSPS) is 11.0. The first kappa shape index (κ1) is 20.1. The van der Waals surface area contributed by atoms with E-state index in [0.717, 1.165) is 10.8 Å². The summed E-state index contributed by atoms with van der Waals surface area (Å²) in [5.74, 6) is -0.410. The molecule has 0 saturated heterocycles. The fourth-order valence-electron chi connectivity index (χ4n) is 3.10. The highest BCUT2D eigenvalue weighted by molar-refractivity contribution is 6.01. The molecule has 0 aromatic heterocycles. The number of nitrogens with one attached hydrogen (secondary N) is 1. The summed E-state index contributed by atoms with van der Waals surface area (Å²) < 4.78 is 19.4. The maximum atomic E-state index is 13.7. The summed E-state index contributed by atoms with van der Waals surface area (Å²) in [6.07, 6.45) is 1.46. The van der Waals surface area contributed by atoms with Crippen LogP contribution in [0.25, 0.3) is 10.8 Å². The largest absolute Gasteiger partial charge is 0.507 e. The molecule has 0 fully saturated rings. The zero-order chi connectivity index (χ0) is 21.6. The maximum Gasteiger partial charge on any atom is 0.275 e. The molecule has 0 heterocycles. The minimum atomic E-state index is -0.522. The van der Waals surface area contributed by atoms with E-state index < -0.39 is 5.91 Å². The van der Waals surface area contributed by atoms with Crippen molar-refractivity contribution in [2.24, 2.45) is 5.10 Å². The number of nitrogens with zero attached hydrogens (tertiary/aromatic N) is 1. The number of hydrazone groups is 1. The van der Waals surface area contributed by atoms with Gasteiger partial charge in [0.25, 0.3) is 5.91 Å². The van der Waals surface area contributed by atoms with Crippen LogP contribution in [0, 0.1) is 5.82 Å². The van der Waals surface area contributed by atoms with E-state index in [1.165, 1.54) is 12.3 Å². The van der Waals surface area contributed by atoms with Gasteiger partial charge in [-0.2, -0.15) is 5.10 Å². The van der Waals surface area contributed by atoms with Crippen molar-refractivity contribution >= 4 is 22.9 Å². The molecular formula is C25H19FN2O3. The highest BCUT2D eigenvalue weighted by Gasteiger charge is 2.11.